The third kappa shape index (κ3) is 3.57. The number of benzene rings is 1. The molecule has 4 N–H and O–H groups in total. The zero-order valence-corrected chi connectivity index (χ0v) is 9.74. The highest BCUT2D eigenvalue weighted by atomic mass is 35.5. The monoisotopic (exact) mass is 276 g/mol. The lowest BCUT2D eigenvalue weighted by atomic mass is 10.3. The lowest BCUT2D eigenvalue weighted by Gasteiger charge is -2.13. The van der Waals surface area contributed by atoms with E-state index in [-0.39, 0.29) is 10.7 Å². The van der Waals surface area contributed by atoms with E-state index < -0.39 is 30.5 Å². The van der Waals surface area contributed by atoms with Crippen LogP contribution in [0, 0.1) is 5.82 Å². The number of carboxylic acids is 1. The Morgan fingerprint density at radius 3 is 2.67 bits per heavy atom. The number of halogens is 2. The number of amides is 2. The van der Waals surface area contributed by atoms with E-state index in [9.17, 15) is 14.0 Å². The molecule has 0 bridgehead atoms. The van der Waals surface area contributed by atoms with Gasteiger partial charge in [-0.1, -0.05) is 17.7 Å². The average Bonchev–Trinajstić information content (AvgIpc) is 2.31. The van der Waals surface area contributed by atoms with Gasteiger partial charge in [0.25, 0.3) is 0 Å². The van der Waals surface area contributed by atoms with Crippen molar-refractivity contribution < 1.29 is 24.2 Å². The first kappa shape index (κ1) is 14.2. The number of urea groups is 1. The molecule has 0 radical (unpaired) electrons. The number of carboxylic acid groups (broad SMARTS) is 1. The minimum absolute atomic E-state index is 0.176. The number of aliphatic hydroxyl groups excluding tert-OH is 1. The highest BCUT2D eigenvalue weighted by molar-refractivity contribution is 6.31. The summed E-state index contributed by atoms with van der Waals surface area (Å²) in [4.78, 5) is 21.9. The zero-order chi connectivity index (χ0) is 13.7. The number of hydrogen-bond acceptors (Lipinski definition) is 3. The molecule has 0 aliphatic carbocycles. The second-order valence-electron chi connectivity index (χ2n) is 3.27. The first-order valence-electron chi connectivity index (χ1n) is 4.81. The van der Waals surface area contributed by atoms with Gasteiger partial charge in [0.05, 0.1) is 17.3 Å². The smallest absolute Gasteiger partial charge is 0.328 e. The lowest BCUT2D eigenvalue weighted by molar-refractivity contribution is -0.140. The predicted molar refractivity (Wildman–Crippen MR) is 62.1 cm³/mol. The number of anilines is 1. The van der Waals surface area contributed by atoms with Crippen molar-refractivity contribution >= 4 is 29.3 Å². The number of hydrogen-bond donors (Lipinski definition) is 4. The molecule has 0 heterocycles. The third-order valence-electron chi connectivity index (χ3n) is 1.99. The molecule has 1 aromatic carbocycles. The van der Waals surface area contributed by atoms with Gasteiger partial charge in [-0.05, 0) is 12.1 Å². The number of nitrogens with one attached hydrogen (secondary N) is 2. The zero-order valence-electron chi connectivity index (χ0n) is 8.98. The average molecular weight is 277 g/mol. The Labute approximate surface area is 106 Å². The molecule has 1 rings (SSSR count). The Morgan fingerprint density at radius 1 is 1.44 bits per heavy atom. The van der Waals surface area contributed by atoms with Crippen molar-refractivity contribution in [2.45, 2.75) is 6.04 Å². The molecule has 0 aromatic heterocycles. The molecule has 18 heavy (non-hydrogen) atoms. The summed E-state index contributed by atoms with van der Waals surface area (Å²) >= 11 is 5.50. The fraction of sp³-hybridized carbons (Fsp3) is 0.200. The number of carbonyl (C=O) groups excluding carboxylic acids is 1. The summed E-state index contributed by atoms with van der Waals surface area (Å²) in [5.74, 6) is -2.23. The highest BCUT2D eigenvalue weighted by Crippen LogP contribution is 2.21. The molecular weight excluding hydrogens is 267 g/mol. The molecule has 1 atom stereocenters. The fourth-order valence-electron chi connectivity index (χ4n) is 1.10. The molecule has 2 amide bonds. The number of carbonyl (C=O) groups is 2. The molecule has 8 heteroatoms. The first-order valence-corrected chi connectivity index (χ1v) is 5.18. The summed E-state index contributed by atoms with van der Waals surface area (Å²) in [7, 11) is 0. The van der Waals surface area contributed by atoms with Crippen molar-refractivity contribution in [3.8, 4) is 0 Å². The molecule has 0 saturated carbocycles. The number of aliphatic hydroxyl groups is 1. The van der Waals surface area contributed by atoms with Gasteiger partial charge in [-0.25, -0.2) is 14.0 Å². The van der Waals surface area contributed by atoms with Crippen molar-refractivity contribution in [3.05, 3.63) is 29.0 Å². The molecule has 0 unspecified atom stereocenters. The number of rotatable bonds is 4. The highest BCUT2D eigenvalue weighted by Gasteiger charge is 2.19. The summed E-state index contributed by atoms with van der Waals surface area (Å²) < 4.78 is 13.4. The minimum Gasteiger partial charge on any atom is -0.480 e. The van der Waals surface area contributed by atoms with Crippen LogP contribution in [-0.2, 0) is 4.79 Å². The van der Waals surface area contributed by atoms with Gasteiger partial charge < -0.3 is 20.8 Å². The van der Waals surface area contributed by atoms with Crippen molar-refractivity contribution in [1.82, 2.24) is 5.32 Å². The van der Waals surface area contributed by atoms with Crippen molar-refractivity contribution in [2.24, 2.45) is 0 Å². The molecule has 98 valence electrons. The van der Waals surface area contributed by atoms with Crippen LogP contribution >= 0.6 is 11.6 Å². The maximum Gasteiger partial charge on any atom is 0.328 e. The van der Waals surface area contributed by atoms with Gasteiger partial charge in [0.15, 0.2) is 11.9 Å². The van der Waals surface area contributed by atoms with E-state index >= 15 is 0 Å². The van der Waals surface area contributed by atoms with Gasteiger partial charge in [0.2, 0.25) is 0 Å². The molecular formula is C10H10ClFN2O4. The van der Waals surface area contributed by atoms with Crippen LogP contribution in [-0.4, -0.2) is 34.9 Å². The molecule has 0 fully saturated rings. The van der Waals surface area contributed by atoms with Gasteiger partial charge >= 0.3 is 12.0 Å². The quantitative estimate of drug-likeness (QED) is 0.660. The summed E-state index contributed by atoms with van der Waals surface area (Å²) in [6.07, 6.45) is 0. The van der Waals surface area contributed by atoms with E-state index in [1.54, 1.807) is 0 Å². The SMILES string of the molecule is O=C(Nc1cccc(Cl)c1F)N[C@@H](CO)C(=O)O. The summed E-state index contributed by atoms with van der Waals surface area (Å²) in [6.45, 7) is -0.777. The predicted octanol–water partition coefficient (Wildman–Crippen LogP) is 1.05. The standard InChI is InChI=1S/C10H10ClFN2O4/c11-5-2-1-3-6(8(5)12)13-10(18)14-7(4-15)9(16)17/h1-3,7,15H,4H2,(H,16,17)(H2,13,14,18)/t7-/m0/s1. The Kier molecular flexibility index (Phi) is 4.87. The van der Waals surface area contributed by atoms with E-state index in [0.29, 0.717) is 0 Å². The Morgan fingerprint density at radius 2 is 2.11 bits per heavy atom. The van der Waals surface area contributed by atoms with E-state index in [0.717, 1.165) is 0 Å². The maximum absolute atomic E-state index is 13.4. The second kappa shape index (κ2) is 6.18. The van der Waals surface area contributed by atoms with Crippen LogP contribution in [0.1, 0.15) is 0 Å². The van der Waals surface area contributed by atoms with Crippen molar-refractivity contribution in [3.63, 3.8) is 0 Å². The van der Waals surface area contributed by atoms with Crippen molar-refractivity contribution in [1.29, 1.82) is 0 Å². The van der Waals surface area contributed by atoms with Crippen LogP contribution < -0.4 is 10.6 Å². The van der Waals surface area contributed by atoms with E-state index in [2.05, 4.69) is 5.32 Å². The molecule has 1 aromatic rings. The molecule has 0 aliphatic heterocycles. The van der Waals surface area contributed by atoms with Crippen LogP contribution in [0.25, 0.3) is 0 Å². The normalized spacial score (nSPS) is 11.7. The lowest BCUT2D eigenvalue weighted by Crippen LogP contribution is -2.45. The summed E-state index contributed by atoms with van der Waals surface area (Å²) in [5.41, 5.74) is -0.193. The van der Waals surface area contributed by atoms with Gasteiger partial charge in [-0.2, -0.15) is 0 Å². The van der Waals surface area contributed by atoms with E-state index in [1.165, 1.54) is 18.2 Å². The van der Waals surface area contributed by atoms with Gasteiger partial charge in [-0.15, -0.1) is 0 Å². The Balaban J connectivity index is 2.70. The Hall–Kier alpha value is -1.86. The third-order valence-corrected chi connectivity index (χ3v) is 2.28. The van der Waals surface area contributed by atoms with Crippen LogP contribution in [0.15, 0.2) is 18.2 Å². The van der Waals surface area contributed by atoms with Gasteiger partial charge in [-0.3, -0.25) is 0 Å². The van der Waals surface area contributed by atoms with Crippen molar-refractivity contribution in [2.75, 3.05) is 11.9 Å². The van der Waals surface area contributed by atoms with E-state index in [1.807, 2.05) is 5.32 Å². The topological polar surface area (TPSA) is 98.7 Å². The molecule has 6 nitrogen and oxygen atoms in total. The number of aliphatic carboxylic acids is 1. The Bertz CT molecular complexity index is 469. The van der Waals surface area contributed by atoms with Gasteiger partial charge in [0.1, 0.15) is 0 Å². The summed E-state index contributed by atoms with van der Waals surface area (Å²) in [6, 6.07) is 1.55. The van der Waals surface area contributed by atoms with Crippen LogP contribution in [0.2, 0.25) is 5.02 Å². The molecule has 0 saturated heterocycles. The minimum atomic E-state index is -1.47. The van der Waals surface area contributed by atoms with Crippen LogP contribution in [0.5, 0.6) is 0 Å². The van der Waals surface area contributed by atoms with Gasteiger partial charge in [0, 0.05) is 0 Å². The van der Waals surface area contributed by atoms with E-state index in [4.69, 9.17) is 21.8 Å². The molecule has 0 spiro atoms. The summed E-state index contributed by atoms with van der Waals surface area (Å²) in [5, 5.41) is 21.1. The maximum atomic E-state index is 13.4. The second-order valence-corrected chi connectivity index (χ2v) is 3.68. The van der Waals surface area contributed by atoms with Crippen LogP contribution in [0.3, 0.4) is 0 Å². The molecule has 0 aliphatic rings. The largest absolute Gasteiger partial charge is 0.480 e. The van der Waals surface area contributed by atoms with Crippen LogP contribution in [0.4, 0.5) is 14.9 Å². The first-order chi connectivity index (χ1) is 8.45. The fourth-order valence-corrected chi connectivity index (χ4v) is 1.28.